The maximum atomic E-state index is 12.2. The summed E-state index contributed by atoms with van der Waals surface area (Å²) in [6.07, 6.45) is 0. The van der Waals surface area contributed by atoms with E-state index in [1.807, 2.05) is 0 Å². The van der Waals surface area contributed by atoms with E-state index in [4.69, 9.17) is 18.4 Å². The number of fused-ring (bicyclic) bond motifs is 1. The van der Waals surface area contributed by atoms with Gasteiger partial charge in [0.05, 0.1) is 68.8 Å². The minimum absolute atomic E-state index is 0.0852. The van der Waals surface area contributed by atoms with E-state index in [2.05, 4.69) is 0 Å². The van der Waals surface area contributed by atoms with Crippen molar-refractivity contribution in [1.82, 2.24) is 4.90 Å². The highest BCUT2D eigenvalue weighted by molar-refractivity contribution is 7.86. The molecule has 0 fully saturated rings. The van der Waals surface area contributed by atoms with Crippen molar-refractivity contribution in [3.05, 3.63) is 65.7 Å². The van der Waals surface area contributed by atoms with Crippen LogP contribution in [-0.2, 0) is 28.5 Å². The maximum Gasteiger partial charge on any atom is 0.297 e. The van der Waals surface area contributed by atoms with Crippen LogP contribution in [0.2, 0.25) is 0 Å². The molecule has 9 nitrogen and oxygen atoms in total. The second-order valence-electron chi connectivity index (χ2n) is 6.73. The van der Waals surface area contributed by atoms with Gasteiger partial charge in [0.15, 0.2) is 0 Å². The van der Waals surface area contributed by atoms with Gasteiger partial charge in [0.1, 0.15) is 0 Å². The highest BCUT2D eigenvalue weighted by Gasteiger charge is 2.34. The van der Waals surface area contributed by atoms with Crippen molar-refractivity contribution in [2.75, 3.05) is 52.8 Å². The number of carbonyl (C=O) groups is 2. The Balaban J connectivity index is 1.17. The van der Waals surface area contributed by atoms with E-state index in [1.54, 1.807) is 42.5 Å². The molecule has 0 bridgehead atoms. The molecule has 0 unspecified atom stereocenters. The first-order valence-electron chi connectivity index (χ1n) is 10.1. The van der Waals surface area contributed by atoms with Crippen LogP contribution >= 0.6 is 0 Å². The lowest BCUT2D eigenvalue weighted by molar-refractivity contribution is 0.00705. The molecule has 0 saturated carbocycles. The van der Waals surface area contributed by atoms with Crippen molar-refractivity contribution in [2.45, 2.75) is 4.90 Å². The van der Waals surface area contributed by atoms with Gasteiger partial charge in [0.2, 0.25) is 0 Å². The Kier molecular flexibility index (Phi) is 8.89. The Morgan fingerprint density at radius 3 is 1.66 bits per heavy atom. The van der Waals surface area contributed by atoms with Gasteiger partial charge in [0, 0.05) is 0 Å². The van der Waals surface area contributed by atoms with Crippen molar-refractivity contribution in [3.8, 4) is 0 Å². The first kappa shape index (κ1) is 24.0. The predicted molar refractivity (Wildman–Crippen MR) is 114 cm³/mol. The molecule has 10 heteroatoms. The zero-order valence-corrected chi connectivity index (χ0v) is 18.3. The molecule has 172 valence electrons. The van der Waals surface area contributed by atoms with E-state index < -0.39 is 10.1 Å². The molecule has 0 N–H and O–H groups in total. The third-order valence-corrected chi connectivity index (χ3v) is 5.91. The van der Waals surface area contributed by atoms with Crippen molar-refractivity contribution in [2.24, 2.45) is 0 Å². The fourth-order valence-corrected chi connectivity index (χ4v) is 3.91. The topological polar surface area (TPSA) is 108 Å². The Morgan fingerprint density at radius 2 is 1.09 bits per heavy atom. The molecule has 32 heavy (non-hydrogen) atoms. The first-order chi connectivity index (χ1) is 15.5. The Bertz CT molecular complexity index is 975. The number of ether oxygens (including phenoxy) is 3. The van der Waals surface area contributed by atoms with E-state index >= 15 is 0 Å². The van der Waals surface area contributed by atoms with Crippen molar-refractivity contribution >= 4 is 21.9 Å². The number of nitrogens with zero attached hydrogens (tertiary/aromatic N) is 1. The first-order valence-corrected chi connectivity index (χ1v) is 11.5. The lowest BCUT2D eigenvalue weighted by Gasteiger charge is -2.13. The van der Waals surface area contributed by atoms with Crippen molar-refractivity contribution < 1.29 is 36.4 Å². The zero-order valence-electron chi connectivity index (χ0n) is 17.5. The third-order valence-electron chi connectivity index (χ3n) is 4.58. The summed E-state index contributed by atoms with van der Waals surface area (Å²) in [4.78, 5) is 25.7. The standard InChI is InChI=1S/C22H25NO8S/c24-21-19-8-4-5-9-20(19)22(25)23(21)10-11-28-12-13-29-14-15-30-16-17-31-32(26,27)18-6-2-1-3-7-18/h1-9H,10-17H2. The van der Waals surface area contributed by atoms with Crippen LogP contribution in [0.25, 0.3) is 0 Å². The molecule has 0 radical (unpaired) electrons. The van der Waals surface area contributed by atoms with Gasteiger partial charge in [0.25, 0.3) is 21.9 Å². The molecule has 0 saturated heterocycles. The highest BCUT2D eigenvalue weighted by atomic mass is 32.2. The minimum atomic E-state index is -3.77. The summed E-state index contributed by atoms with van der Waals surface area (Å²) in [6, 6.07) is 14.6. The molecule has 1 heterocycles. The number of benzene rings is 2. The quantitative estimate of drug-likeness (QED) is 0.237. The van der Waals surface area contributed by atoms with Crippen molar-refractivity contribution in [3.63, 3.8) is 0 Å². The number of hydrogen-bond donors (Lipinski definition) is 0. The van der Waals surface area contributed by atoms with Crippen LogP contribution in [0.3, 0.4) is 0 Å². The van der Waals surface area contributed by atoms with Gasteiger partial charge in [-0.3, -0.25) is 18.7 Å². The molecular weight excluding hydrogens is 438 g/mol. The third kappa shape index (κ3) is 6.44. The summed E-state index contributed by atoms with van der Waals surface area (Å²) in [5, 5.41) is 0. The monoisotopic (exact) mass is 463 g/mol. The fourth-order valence-electron chi connectivity index (χ4n) is 3.00. The van der Waals surface area contributed by atoms with Crippen LogP contribution in [0.5, 0.6) is 0 Å². The highest BCUT2D eigenvalue weighted by Crippen LogP contribution is 2.21. The molecule has 3 rings (SSSR count). The van der Waals surface area contributed by atoms with Gasteiger partial charge in [-0.15, -0.1) is 0 Å². The van der Waals surface area contributed by atoms with Gasteiger partial charge >= 0.3 is 0 Å². The largest absolute Gasteiger partial charge is 0.377 e. The molecule has 0 aromatic heterocycles. The van der Waals surface area contributed by atoms with E-state index in [0.29, 0.717) is 30.9 Å². The summed E-state index contributed by atoms with van der Waals surface area (Å²) in [7, 11) is -3.77. The summed E-state index contributed by atoms with van der Waals surface area (Å²) >= 11 is 0. The van der Waals surface area contributed by atoms with Crippen LogP contribution in [-0.4, -0.2) is 77.9 Å². The van der Waals surface area contributed by atoms with E-state index in [0.717, 1.165) is 0 Å². The van der Waals surface area contributed by atoms with Crippen LogP contribution in [0.4, 0.5) is 0 Å². The SMILES string of the molecule is O=C1c2ccccc2C(=O)N1CCOCCOCCOCCOS(=O)(=O)c1ccccc1. The van der Waals surface area contributed by atoms with Crippen LogP contribution in [0.1, 0.15) is 20.7 Å². The normalized spacial score (nSPS) is 13.6. The molecule has 1 aliphatic heterocycles. The Labute approximate surface area is 187 Å². The lowest BCUT2D eigenvalue weighted by atomic mass is 10.1. The average Bonchev–Trinajstić information content (AvgIpc) is 3.05. The second-order valence-corrected chi connectivity index (χ2v) is 8.35. The molecule has 2 aromatic carbocycles. The number of hydrogen-bond acceptors (Lipinski definition) is 8. The van der Waals surface area contributed by atoms with Gasteiger partial charge in [-0.1, -0.05) is 30.3 Å². The predicted octanol–water partition coefficient (Wildman–Crippen LogP) is 1.74. The minimum Gasteiger partial charge on any atom is -0.377 e. The van der Waals surface area contributed by atoms with Crippen molar-refractivity contribution in [1.29, 1.82) is 0 Å². The number of amides is 2. The zero-order chi connectivity index (χ0) is 22.8. The summed E-state index contributed by atoms with van der Waals surface area (Å²) in [5.41, 5.74) is 0.841. The maximum absolute atomic E-state index is 12.2. The van der Waals surface area contributed by atoms with E-state index in [1.165, 1.54) is 17.0 Å². The number of imide groups is 1. The van der Waals surface area contributed by atoms with Gasteiger partial charge in [-0.25, -0.2) is 0 Å². The Hall–Kier alpha value is -2.63. The molecule has 0 spiro atoms. The van der Waals surface area contributed by atoms with Crippen LogP contribution < -0.4 is 0 Å². The average molecular weight is 464 g/mol. The molecule has 2 aromatic rings. The molecule has 0 aliphatic carbocycles. The Morgan fingerprint density at radius 1 is 0.625 bits per heavy atom. The van der Waals surface area contributed by atoms with E-state index in [-0.39, 0.29) is 49.7 Å². The molecular formula is C22H25NO8S. The number of carbonyl (C=O) groups excluding carboxylic acids is 2. The lowest BCUT2D eigenvalue weighted by Crippen LogP contribution is -2.33. The van der Waals surface area contributed by atoms with Crippen LogP contribution in [0, 0.1) is 0 Å². The summed E-state index contributed by atoms with van der Waals surface area (Å²) < 4.78 is 44.8. The number of rotatable bonds is 14. The van der Waals surface area contributed by atoms with Crippen LogP contribution in [0.15, 0.2) is 59.5 Å². The fraction of sp³-hybridized carbons (Fsp3) is 0.364. The van der Waals surface area contributed by atoms with Gasteiger partial charge < -0.3 is 14.2 Å². The summed E-state index contributed by atoms with van der Waals surface area (Å²) in [5.74, 6) is -0.605. The van der Waals surface area contributed by atoms with E-state index in [9.17, 15) is 18.0 Å². The second kappa shape index (κ2) is 11.8. The molecule has 2 amide bonds. The molecule has 1 aliphatic rings. The molecule has 0 atom stereocenters. The summed E-state index contributed by atoms with van der Waals surface area (Å²) in [6.45, 7) is 1.66. The van der Waals surface area contributed by atoms with Gasteiger partial charge in [-0.05, 0) is 24.3 Å². The smallest absolute Gasteiger partial charge is 0.297 e. The van der Waals surface area contributed by atoms with Gasteiger partial charge in [-0.2, -0.15) is 8.42 Å².